The van der Waals surface area contributed by atoms with Crippen molar-refractivity contribution < 1.29 is 9.53 Å². The van der Waals surface area contributed by atoms with Gasteiger partial charge in [-0.25, -0.2) is 4.98 Å². The molecule has 162 valence electrons. The molecule has 0 saturated heterocycles. The number of thioether (sulfide) groups is 1. The van der Waals surface area contributed by atoms with Crippen LogP contribution in [-0.2, 0) is 11.3 Å². The second-order valence-corrected chi connectivity index (χ2v) is 8.73. The number of carbonyl (C=O) groups is 1. The lowest BCUT2D eigenvalue weighted by molar-refractivity contribution is -0.118. The fraction of sp³-hybridized carbons (Fsp3) is 0.375. The molecule has 1 aliphatic rings. The Kier molecular flexibility index (Phi) is 6.92. The third-order valence-electron chi connectivity index (χ3n) is 5.70. The van der Waals surface area contributed by atoms with Gasteiger partial charge in [-0.2, -0.15) is 0 Å². The largest absolute Gasteiger partial charge is 0.497 e. The van der Waals surface area contributed by atoms with Crippen LogP contribution >= 0.6 is 11.8 Å². The molecule has 0 unspecified atom stereocenters. The number of carbonyl (C=O) groups excluding carboxylic acids is 1. The van der Waals surface area contributed by atoms with Gasteiger partial charge in [-0.1, -0.05) is 55.3 Å². The fourth-order valence-electron chi connectivity index (χ4n) is 4.01. The van der Waals surface area contributed by atoms with Crippen LogP contribution in [0.2, 0.25) is 0 Å². The topological polar surface area (TPSA) is 73.2 Å². The van der Waals surface area contributed by atoms with E-state index >= 15 is 0 Å². The Labute approximate surface area is 186 Å². The number of nitrogens with zero attached hydrogens (tertiary/aromatic N) is 2. The van der Waals surface area contributed by atoms with Crippen molar-refractivity contribution in [1.82, 2.24) is 14.9 Å². The quantitative estimate of drug-likeness (QED) is 0.440. The highest BCUT2D eigenvalue weighted by atomic mass is 32.2. The average Bonchev–Trinajstić information content (AvgIpc) is 2.82. The molecule has 0 bridgehead atoms. The van der Waals surface area contributed by atoms with E-state index in [1.807, 2.05) is 53.1 Å². The van der Waals surface area contributed by atoms with E-state index in [2.05, 4.69) is 5.32 Å². The Morgan fingerprint density at radius 1 is 1.13 bits per heavy atom. The van der Waals surface area contributed by atoms with E-state index in [-0.39, 0.29) is 23.3 Å². The Bertz CT molecular complexity index is 1110. The van der Waals surface area contributed by atoms with Gasteiger partial charge in [-0.15, -0.1) is 0 Å². The van der Waals surface area contributed by atoms with Gasteiger partial charge in [0.25, 0.3) is 5.56 Å². The second kappa shape index (κ2) is 10.0. The zero-order valence-electron chi connectivity index (χ0n) is 17.7. The smallest absolute Gasteiger partial charge is 0.262 e. The van der Waals surface area contributed by atoms with E-state index in [1.165, 1.54) is 18.2 Å². The molecule has 0 radical (unpaired) electrons. The van der Waals surface area contributed by atoms with Gasteiger partial charge in [-0.3, -0.25) is 14.2 Å². The van der Waals surface area contributed by atoms with Gasteiger partial charge in [-0.05, 0) is 42.7 Å². The van der Waals surface area contributed by atoms with Crippen LogP contribution in [0.4, 0.5) is 0 Å². The molecule has 6 nitrogen and oxygen atoms in total. The SMILES string of the molecule is COc1ccc(CNC(=O)CSc2nc3ccccc3c(=O)n2C2CCCCC2)cc1. The monoisotopic (exact) mass is 437 g/mol. The Hall–Kier alpha value is -2.80. The van der Waals surface area contributed by atoms with Gasteiger partial charge < -0.3 is 10.1 Å². The molecular weight excluding hydrogens is 410 g/mol. The number of nitrogens with one attached hydrogen (secondary N) is 1. The molecule has 1 fully saturated rings. The first-order valence-electron chi connectivity index (χ1n) is 10.7. The summed E-state index contributed by atoms with van der Waals surface area (Å²) in [6.45, 7) is 0.448. The Balaban J connectivity index is 1.48. The first-order chi connectivity index (χ1) is 15.2. The maximum Gasteiger partial charge on any atom is 0.262 e. The number of hydrogen-bond acceptors (Lipinski definition) is 5. The number of amides is 1. The van der Waals surface area contributed by atoms with Gasteiger partial charge in [0.1, 0.15) is 5.75 Å². The predicted molar refractivity (Wildman–Crippen MR) is 124 cm³/mol. The van der Waals surface area contributed by atoms with E-state index in [9.17, 15) is 9.59 Å². The van der Waals surface area contributed by atoms with E-state index < -0.39 is 0 Å². The van der Waals surface area contributed by atoms with Crippen molar-refractivity contribution in [1.29, 1.82) is 0 Å². The third-order valence-corrected chi connectivity index (χ3v) is 6.65. The standard InChI is InChI=1S/C24H27N3O3S/c1-30-19-13-11-17(12-14-19)15-25-22(28)16-31-24-26-21-10-6-5-9-20(21)23(29)27(24)18-7-3-2-4-8-18/h5-6,9-14,18H,2-4,7-8,15-16H2,1H3,(H,25,28). The molecule has 7 heteroatoms. The van der Waals surface area contributed by atoms with Crippen LogP contribution in [0.3, 0.4) is 0 Å². The number of hydrogen-bond donors (Lipinski definition) is 1. The van der Waals surface area contributed by atoms with E-state index in [0.29, 0.717) is 22.6 Å². The maximum atomic E-state index is 13.3. The van der Waals surface area contributed by atoms with Gasteiger partial charge in [0.05, 0.1) is 23.8 Å². The van der Waals surface area contributed by atoms with Crippen molar-refractivity contribution in [3.8, 4) is 5.75 Å². The van der Waals surface area contributed by atoms with Gasteiger partial charge in [0.15, 0.2) is 5.16 Å². The molecule has 1 saturated carbocycles. The summed E-state index contributed by atoms with van der Waals surface area (Å²) in [4.78, 5) is 30.5. The molecule has 1 aliphatic carbocycles. The minimum Gasteiger partial charge on any atom is -0.497 e. The highest BCUT2D eigenvalue weighted by Crippen LogP contribution is 2.31. The van der Waals surface area contributed by atoms with E-state index in [1.54, 1.807) is 7.11 Å². The number of fused-ring (bicyclic) bond motifs is 1. The average molecular weight is 438 g/mol. The zero-order valence-corrected chi connectivity index (χ0v) is 18.5. The molecule has 0 aliphatic heterocycles. The van der Waals surface area contributed by atoms with Crippen LogP contribution in [0.25, 0.3) is 10.9 Å². The normalized spacial score (nSPS) is 14.5. The number of aromatic nitrogens is 2. The zero-order chi connectivity index (χ0) is 21.6. The van der Waals surface area contributed by atoms with E-state index in [4.69, 9.17) is 9.72 Å². The van der Waals surface area contributed by atoms with Gasteiger partial charge in [0, 0.05) is 12.6 Å². The second-order valence-electron chi connectivity index (χ2n) is 7.79. The first kappa shape index (κ1) is 21.4. The lowest BCUT2D eigenvalue weighted by Crippen LogP contribution is -2.30. The molecule has 1 N–H and O–H groups in total. The molecular formula is C24H27N3O3S. The van der Waals surface area contributed by atoms with Crippen molar-refractivity contribution in [3.05, 3.63) is 64.4 Å². The highest BCUT2D eigenvalue weighted by molar-refractivity contribution is 7.99. The van der Waals surface area contributed by atoms with Crippen LogP contribution < -0.4 is 15.6 Å². The van der Waals surface area contributed by atoms with Crippen LogP contribution in [0.5, 0.6) is 5.75 Å². The number of para-hydroxylation sites is 1. The van der Waals surface area contributed by atoms with Crippen LogP contribution in [0.1, 0.15) is 43.7 Å². The molecule has 1 aromatic heterocycles. The minimum atomic E-state index is -0.0848. The van der Waals surface area contributed by atoms with Crippen LogP contribution in [0.15, 0.2) is 58.5 Å². The highest BCUT2D eigenvalue weighted by Gasteiger charge is 2.22. The van der Waals surface area contributed by atoms with Gasteiger partial charge >= 0.3 is 0 Å². The Morgan fingerprint density at radius 2 is 1.87 bits per heavy atom. The summed E-state index contributed by atoms with van der Waals surface area (Å²) in [6, 6.07) is 15.2. The molecule has 0 atom stereocenters. The molecule has 2 aromatic carbocycles. The minimum absolute atomic E-state index is 0.00126. The summed E-state index contributed by atoms with van der Waals surface area (Å²) in [5.41, 5.74) is 1.68. The fourth-order valence-corrected chi connectivity index (χ4v) is 4.91. The summed E-state index contributed by atoms with van der Waals surface area (Å²) in [5, 5.41) is 4.22. The summed E-state index contributed by atoms with van der Waals surface area (Å²) < 4.78 is 6.99. The number of ether oxygens (including phenoxy) is 1. The molecule has 1 amide bonds. The molecule has 3 aromatic rings. The molecule has 1 heterocycles. The summed E-state index contributed by atoms with van der Waals surface area (Å²) in [7, 11) is 1.63. The summed E-state index contributed by atoms with van der Waals surface area (Å²) in [5.74, 6) is 0.917. The van der Waals surface area contributed by atoms with Gasteiger partial charge in [0.2, 0.25) is 5.91 Å². The third kappa shape index (κ3) is 5.10. The predicted octanol–water partition coefficient (Wildman–Crippen LogP) is 4.32. The number of rotatable bonds is 7. The lowest BCUT2D eigenvalue weighted by atomic mass is 9.95. The van der Waals surface area contributed by atoms with Crippen LogP contribution in [0, 0.1) is 0 Å². The van der Waals surface area contributed by atoms with Crippen molar-refractivity contribution in [2.75, 3.05) is 12.9 Å². The van der Waals surface area contributed by atoms with E-state index in [0.717, 1.165) is 37.0 Å². The Morgan fingerprint density at radius 3 is 2.61 bits per heavy atom. The molecule has 4 rings (SSSR count). The molecule has 31 heavy (non-hydrogen) atoms. The first-order valence-corrected chi connectivity index (χ1v) is 11.7. The van der Waals surface area contributed by atoms with Crippen molar-refractivity contribution in [3.63, 3.8) is 0 Å². The molecule has 0 spiro atoms. The summed E-state index contributed by atoms with van der Waals surface area (Å²) in [6.07, 6.45) is 5.42. The van der Waals surface area contributed by atoms with Crippen molar-refractivity contribution in [2.24, 2.45) is 0 Å². The van der Waals surface area contributed by atoms with Crippen LogP contribution in [-0.4, -0.2) is 28.3 Å². The number of methoxy groups -OCH3 is 1. The van der Waals surface area contributed by atoms with Crippen molar-refractivity contribution in [2.45, 2.75) is 49.8 Å². The maximum absolute atomic E-state index is 13.3. The van der Waals surface area contributed by atoms with Crippen molar-refractivity contribution >= 4 is 28.6 Å². The summed E-state index contributed by atoms with van der Waals surface area (Å²) >= 11 is 1.34. The number of benzene rings is 2. The lowest BCUT2D eigenvalue weighted by Gasteiger charge is -2.26.